The second kappa shape index (κ2) is 5.72. The van der Waals surface area contributed by atoms with Crippen LogP contribution >= 0.6 is 24.0 Å². The summed E-state index contributed by atoms with van der Waals surface area (Å²) in [6, 6.07) is 6.06. The van der Waals surface area contributed by atoms with Gasteiger partial charge in [0.2, 0.25) is 0 Å². The maximum Gasteiger partial charge on any atom is 0.269 e. The van der Waals surface area contributed by atoms with Gasteiger partial charge in [0.25, 0.3) is 11.6 Å². The average molecular weight is 308 g/mol. The van der Waals surface area contributed by atoms with Crippen LogP contribution in [0.25, 0.3) is 6.08 Å². The Hall–Kier alpha value is -1.73. The molecule has 0 unspecified atom stereocenters. The van der Waals surface area contributed by atoms with Crippen molar-refractivity contribution in [2.75, 3.05) is 0 Å². The number of nitro benzene ring substituents is 1. The molecule has 0 N–H and O–H groups in total. The molecular weight excluding hydrogens is 296 g/mol. The van der Waals surface area contributed by atoms with Crippen LogP contribution in [0.5, 0.6) is 0 Å². The number of hydrogen-bond donors (Lipinski definition) is 0. The number of rotatable bonds is 3. The van der Waals surface area contributed by atoms with Gasteiger partial charge < -0.3 is 0 Å². The summed E-state index contributed by atoms with van der Waals surface area (Å²) in [6.07, 6.45) is 1.70. The summed E-state index contributed by atoms with van der Waals surface area (Å²) in [6.45, 7) is 3.80. The van der Waals surface area contributed by atoms with Crippen molar-refractivity contribution in [3.05, 3.63) is 44.8 Å². The highest BCUT2D eigenvalue weighted by Crippen LogP contribution is 2.33. The number of amides is 1. The Balaban J connectivity index is 2.26. The zero-order valence-corrected chi connectivity index (χ0v) is 12.5. The summed E-state index contributed by atoms with van der Waals surface area (Å²) in [7, 11) is 0. The van der Waals surface area contributed by atoms with Crippen LogP contribution in [0.15, 0.2) is 29.2 Å². The Morgan fingerprint density at radius 3 is 2.40 bits per heavy atom. The van der Waals surface area contributed by atoms with E-state index in [1.807, 2.05) is 13.8 Å². The lowest BCUT2D eigenvalue weighted by Gasteiger charge is -2.18. The number of thioether (sulfide) groups is 1. The molecule has 0 spiro atoms. The van der Waals surface area contributed by atoms with E-state index in [0.717, 1.165) is 5.56 Å². The standard InChI is InChI=1S/C13H12N2O3S2/c1-8(2)14-12(16)11(20-13(14)19)7-9-3-5-10(6-4-9)15(17)18/h3-8H,1-2H3/b11-7+. The summed E-state index contributed by atoms with van der Waals surface area (Å²) >= 11 is 6.43. The van der Waals surface area contributed by atoms with Gasteiger partial charge in [-0.2, -0.15) is 0 Å². The molecular formula is C13H12N2O3S2. The van der Waals surface area contributed by atoms with E-state index in [2.05, 4.69) is 0 Å². The third-order valence-corrected chi connectivity index (χ3v) is 4.07. The topological polar surface area (TPSA) is 63.5 Å². The molecule has 1 fully saturated rings. The minimum absolute atomic E-state index is 0.0188. The fourth-order valence-corrected chi connectivity index (χ4v) is 3.29. The highest BCUT2D eigenvalue weighted by molar-refractivity contribution is 8.26. The molecule has 1 amide bonds. The molecule has 1 aromatic carbocycles. The molecule has 5 nitrogen and oxygen atoms in total. The number of hydrogen-bond acceptors (Lipinski definition) is 5. The first-order chi connectivity index (χ1) is 9.40. The molecule has 0 atom stereocenters. The molecule has 0 aliphatic carbocycles. The molecule has 7 heteroatoms. The smallest absolute Gasteiger partial charge is 0.269 e. The van der Waals surface area contributed by atoms with Crippen molar-refractivity contribution in [3.63, 3.8) is 0 Å². The van der Waals surface area contributed by atoms with Crippen LogP contribution in [0.1, 0.15) is 19.4 Å². The molecule has 1 aliphatic heterocycles. The van der Waals surface area contributed by atoms with Crippen molar-refractivity contribution in [2.45, 2.75) is 19.9 Å². The molecule has 0 bridgehead atoms. The molecule has 0 aromatic heterocycles. The van der Waals surface area contributed by atoms with Gasteiger partial charge in [-0.3, -0.25) is 19.8 Å². The normalized spacial score (nSPS) is 17.4. The van der Waals surface area contributed by atoms with Crippen LogP contribution in [-0.2, 0) is 4.79 Å². The lowest BCUT2D eigenvalue weighted by atomic mass is 10.2. The zero-order valence-electron chi connectivity index (χ0n) is 10.9. The molecule has 1 heterocycles. The largest absolute Gasteiger partial charge is 0.290 e. The van der Waals surface area contributed by atoms with Crippen LogP contribution in [0, 0.1) is 10.1 Å². The Morgan fingerprint density at radius 2 is 1.95 bits per heavy atom. The van der Waals surface area contributed by atoms with Gasteiger partial charge in [-0.25, -0.2) is 0 Å². The monoisotopic (exact) mass is 308 g/mol. The fraction of sp³-hybridized carbons (Fsp3) is 0.231. The Kier molecular flexibility index (Phi) is 4.20. The van der Waals surface area contributed by atoms with Crippen molar-refractivity contribution in [1.82, 2.24) is 4.90 Å². The van der Waals surface area contributed by atoms with Crippen LogP contribution in [0.2, 0.25) is 0 Å². The lowest BCUT2D eigenvalue weighted by Crippen LogP contribution is -2.34. The molecule has 0 saturated carbocycles. The van der Waals surface area contributed by atoms with E-state index in [-0.39, 0.29) is 17.6 Å². The van der Waals surface area contributed by atoms with E-state index in [1.54, 1.807) is 23.1 Å². The Morgan fingerprint density at radius 1 is 1.35 bits per heavy atom. The number of benzene rings is 1. The highest BCUT2D eigenvalue weighted by atomic mass is 32.2. The zero-order chi connectivity index (χ0) is 14.9. The van der Waals surface area contributed by atoms with Gasteiger partial charge in [-0.15, -0.1) is 0 Å². The second-order valence-electron chi connectivity index (χ2n) is 4.49. The molecule has 0 radical (unpaired) electrons. The van der Waals surface area contributed by atoms with Gasteiger partial charge >= 0.3 is 0 Å². The number of thiocarbonyl (C=S) groups is 1. The minimum Gasteiger partial charge on any atom is -0.290 e. The summed E-state index contributed by atoms with van der Waals surface area (Å²) < 4.78 is 0.540. The van der Waals surface area contributed by atoms with Crippen molar-refractivity contribution in [2.24, 2.45) is 0 Å². The van der Waals surface area contributed by atoms with Crippen molar-refractivity contribution in [3.8, 4) is 0 Å². The van der Waals surface area contributed by atoms with Crippen LogP contribution in [0.3, 0.4) is 0 Å². The number of carbonyl (C=O) groups is 1. The minimum atomic E-state index is -0.456. The molecule has 20 heavy (non-hydrogen) atoms. The van der Waals surface area contributed by atoms with E-state index in [9.17, 15) is 14.9 Å². The molecule has 2 rings (SSSR count). The van der Waals surface area contributed by atoms with Crippen molar-refractivity contribution >= 4 is 46.0 Å². The lowest BCUT2D eigenvalue weighted by molar-refractivity contribution is -0.384. The maximum atomic E-state index is 12.2. The van der Waals surface area contributed by atoms with Gasteiger partial charge in [0.15, 0.2) is 0 Å². The molecule has 1 aromatic rings. The van der Waals surface area contributed by atoms with E-state index in [1.165, 1.54) is 23.9 Å². The number of non-ortho nitro benzene ring substituents is 1. The summed E-state index contributed by atoms with van der Waals surface area (Å²) in [5.74, 6) is -0.117. The third-order valence-electron chi connectivity index (χ3n) is 2.74. The van der Waals surface area contributed by atoms with Gasteiger partial charge in [0.05, 0.1) is 9.83 Å². The van der Waals surface area contributed by atoms with Gasteiger partial charge in [-0.05, 0) is 37.6 Å². The predicted molar refractivity (Wildman–Crippen MR) is 83.2 cm³/mol. The molecule has 104 valence electrons. The van der Waals surface area contributed by atoms with Crippen LogP contribution in [-0.4, -0.2) is 26.1 Å². The van der Waals surface area contributed by atoms with Crippen LogP contribution < -0.4 is 0 Å². The van der Waals surface area contributed by atoms with E-state index in [4.69, 9.17) is 12.2 Å². The quantitative estimate of drug-likeness (QED) is 0.371. The van der Waals surface area contributed by atoms with Gasteiger partial charge in [-0.1, -0.05) is 24.0 Å². The first-order valence-corrected chi connectivity index (χ1v) is 7.14. The SMILES string of the molecule is CC(C)N1C(=O)/C(=C\c2ccc([N+](=O)[O-])cc2)SC1=S. The summed E-state index contributed by atoms with van der Waals surface area (Å²) in [4.78, 5) is 24.4. The molecule has 1 aliphatic rings. The molecule has 1 saturated heterocycles. The first kappa shape index (κ1) is 14.7. The predicted octanol–water partition coefficient (Wildman–Crippen LogP) is 3.20. The van der Waals surface area contributed by atoms with Crippen LogP contribution in [0.4, 0.5) is 5.69 Å². The number of nitro groups is 1. The fourth-order valence-electron chi connectivity index (χ4n) is 1.77. The average Bonchev–Trinajstić information content (AvgIpc) is 2.65. The van der Waals surface area contributed by atoms with Gasteiger partial charge in [0, 0.05) is 18.2 Å². The van der Waals surface area contributed by atoms with E-state index in [0.29, 0.717) is 9.23 Å². The highest BCUT2D eigenvalue weighted by Gasteiger charge is 2.33. The van der Waals surface area contributed by atoms with Crippen molar-refractivity contribution in [1.29, 1.82) is 0 Å². The number of carbonyl (C=O) groups excluding carboxylic acids is 1. The summed E-state index contributed by atoms with van der Waals surface area (Å²) in [5.41, 5.74) is 0.761. The summed E-state index contributed by atoms with van der Waals surface area (Å²) in [5, 5.41) is 10.6. The van der Waals surface area contributed by atoms with Gasteiger partial charge in [0.1, 0.15) is 4.32 Å². The van der Waals surface area contributed by atoms with Crippen molar-refractivity contribution < 1.29 is 9.72 Å². The second-order valence-corrected chi connectivity index (χ2v) is 6.17. The van der Waals surface area contributed by atoms with E-state index < -0.39 is 4.92 Å². The Labute approximate surface area is 125 Å². The third kappa shape index (κ3) is 2.88. The Bertz CT molecular complexity index is 609. The number of nitrogens with zero attached hydrogens (tertiary/aromatic N) is 2. The first-order valence-electron chi connectivity index (χ1n) is 5.91. The maximum absolute atomic E-state index is 12.2. The van der Waals surface area contributed by atoms with E-state index >= 15 is 0 Å².